The van der Waals surface area contributed by atoms with E-state index in [0.29, 0.717) is 5.92 Å². The Kier molecular flexibility index (Phi) is 3.72. The number of aromatic amines is 1. The first-order valence-electron chi connectivity index (χ1n) is 9.99. The highest BCUT2D eigenvalue weighted by Gasteiger charge is 2.34. The molecule has 5 nitrogen and oxygen atoms in total. The number of imidazole rings is 1. The number of aromatic nitrogens is 4. The minimum Gasteiger partial charge on any atom is -0.347 e. The number of hydrogen-bond donors (Lipinski definition) is 1. The molecule has 1 N–H and O–H groups in total. The van der Waals surface area contributed by atoms with Crippen molar-refractivity contribution in [3.05, 3.63) is 59.8 Å². The molecule has 6 heteroatoms. The molecular weight excluding hydrogens is 366 g/mol. The summed E-state index contributed by atoms with van der Waals surface area (Å²) in [5.74, 6) is 3.68. The van der Waals surface area contributed by atoms with Crippen molar-refractivity contribution >= 4 is 27.4 Å². The minimum atomic E-state index is 0.253. The molecule has 1 aliphatic heterocycles. The van der Waals surface area contributed by atoms with E-state index in [0.717, 1.165) is 41.7 Å². The van der Waals surface area contributed by atoms with E-state index in [1.807, 2.05) is 12.4 Å². The molecule has 28 heavy (non-hydrogen) atoms. The van der Waals surface area contributed by atoms with Crippen LogP contribution in [-0.4, -0.2) is 26.5 Å². The largest absolute Gasteiger partial charge is 0.347 e. The molecule has 6 rings (SSSR count). The highest BCUT2D eigenvalue weighted by Crippen LogP contribution is 2.46. The van der Waals surface area contributed by atoms with Crippen LogP contribution < -0.4 is 4.90 Å². The zero-order valence-corrected chi connectivity index (χ0v) is 16.3. The molecule has 140 valence electrons. The minimum absolute atomic E-state index is 0.253. The molecule has 2 fully saturated rings. The first kappa shape index (κ1) is 16.2. The highest BCUT2D eigenvalue weighted by molar-refractivity contribution is 7.17. The van der Waals surface area contributed by atoms with Gasteiger partial charge in [-0.05, 0) is 31.2 Å². The van der Waals surface area contributed by atoms with Gasteiger partial charge in [-0.2, -0.15) is 0 Å². The van der Waals surface area contributed by atoms with Crippen LogP contribution in [0.1, 0.15) is 49.3 Å². The highest BCUT2D eigenvalue weighted by atomic mass is 32.1. The lowest BCUT2D eigenvalue weighted by Crippen LogP contribution is -2.25. The molecule has 1 saturated heterocycles. The molecule has 1 saturated carbocycles. The number of nitrogens with one attached hydrogen (secondary N) is 1. The van der Waals surface area contributed by atoms with Crippen LogP contribution >= 0.6 is 11.3 Å². The molecule has 1 aromatic carbocycles. The van der Waals surface area contributed by atoms with Crippen molar-refractivity contribution in [3.63, 3.8) is 0 Å². The molecule has 4 heterocycles. The average Bonchev–Trinajstić information content (AvgIpc) is 3.14. The summed E-state index contributed by atoms with van der Waals surface area (Å²) in [6, 6.07) is 10.9. The molecule has 1 atom stereocenters. The molecule has 0 amide bonds. The van der Waals surface area contributed by atoms with E-state index in [-0.39, 0.29) is 6.04 Å². The summed E-state index contributed by atoms with van der Waals surface area (Å²) in [5.41, 5.74) is 2.47. The molecule has 0 spiro atoms. The molecule has 3 aromatic heterocycles. The molecule has 4 aromatic rings. The summed E-state index contributed by atoms with van der Waals surface area (Å²) in [5, 5.41) is 3.44. The molecular formula is C22H21N5S. The second-order valence-corrected chi connectivity index (χ2v) is 8.56. The first-order chi connectivity index (χ1) is 13.9. The van der Waals surface area contributed by atoms with E-state index in [9.17, 15) is 0 Å². The van der Waals surface area contributed by atoms with Gasteiger partial charge >= 0.3 is 0 Å². The van der Waals surface area contributed by atoms with Gasteiger partial charge in [0.15, 0.2) is 0 Å². The van der Waals surface area contributed by atoms with Crippen LogP contribution in [0.25, 0.3) is 21.3 Å². The Labute approximate surface area is 167 Å². The van der Waals surface area contributed by atoms with Crippen LogP contribution in [0.3, 0.4) is 0 Å². The summed E-state index contributed by atoms with van der Waals surface area (Å²) in [6.45, 7) is 1.01. The third-order valence-corrected chi connectivity index (χ3v) is 6.69. The van der Waals surface area contributed by atoms with Gasteiger partial charge in [-0.3, -0.25) is 0 Å². The quantitative estimate of drug-likeness (QED) is 0.516. The number of thiophene rings is 1. The maximum atomic E-state index is 5.14. The van der Waals surface area contributed by atoms with Gasteiger partial charge in [-0.25, -0.2) is 15.0 Å². The lowest BCUT2D eigenvalue weighted by atomic mass is 10.1. The van der Waals surface area contributed by atoms with E-state index in [2.05, 4.69) is 50.6 Å². The third-order valence-electron chi connectivity index (χ3n) is 5.82. The zero-order chi connectivity index (χ0) is 18.5. The second kappa shape index (κ2) is 6.41. The topological polar surface area (TPSA) is 57.7 Å². The Morgan fingerprint density at radius 2 is 1.96 bits per heavy atom. The summed E-state index contributed by atoms with van der Waals surface area (Å²) < 4.78 is 0. The van der Waals surface area contributed by atoms with Gasteiger partial charge in [0.25, 0.3) is 0 Å². The summed E-state index contributed by atoms with van der Waals surface area (Å²) in [7, 11) is 0. The molecule has 1 aliphatic carbocycles. The van der Waals surface area contributed by atoms with Gasteiger partial charge in [-0.1, -0.05) is 30.3 Å². The smallest absolute Gasteiger partial charge is 0.142 e. The maximum absolute atomic E-state index is 5.14. The number of nitrogens with zero attached hydrogens (tertiary/aromatic N) is 4. The Morgan fingerprint density at radius 1 is 1.07 bits per heavy atom. The number of fused-ring (bicyclic) bond motifs is 1. The molecule has 2 aliphatic rings. The molecule has 1 unspecified atom stereocenters. The fourth-order valence-electron chi connectivity index (χ4n) is 4.27. The Morgan fingerprint density at radius 3 is 2.75 bits per heavy atom. The fourth-order valence-corrected chi connectivity index (χ4v) is 5.21. The Hall–Kier alpha value is -2.73. The average molecular weight is 388 g/mol. The van der Waals surface area contributed by atoms with E-state index >= 15 is 0 Å². The van der Waals surface area contributed by atoms with E-state index in [4.69, 9.17) is 9.97 Å². The number of rotatable bonds is 4. The van der Waals surface area contributed by atoms with Crippen molar-refractivity contribution in [2.75, 3.05) is 11.4 Å². The van der Waals surface area contributed by atoms with E-state index in [1.54, 1.807) is 11.3 Å². The standard InChI is InChI=1S/C22H21N5S/c1-2-5-14(6-3-1)16-13-28-22-18(16)21(25-19(26-22)15-8-9-15)27-12-4-7-17(27)20-23-10-11-24-20/h1-3,5-6,10-11,13,15,17H,4,7-9,12H2,(H,23,24). The summed E-state index contributed by atoms with van der Waals surface area (Å²) in [6.07, 6.45) is 8.43. The normalized spacial score (nSPS) is 19.6. The van der Waals surface area contributed by atoms with E-state index < -0.39 is 0 Å². The van der Waals surface area contributed by atoms with Crippen LogP contribution in [0.15, 0.2) is 48.1 Å². The van der Waals surface area contributed by atoms with Crippen molar-refractivity contribution in [2.24, 2.45) is 0 Å². The monoisotopic (exact) mass is 387 g/mol. The lowest BCUT2D eigenvalue weighted by Gasteiger charge is -2.26. The van der Waals surface area contributed by atoms with Gasteiger partial charge in [0, 0.05) is 35.8 Å². The van der Waals surface area contributed by atoms with Crippen LogP contribution in [0.5, 0.6) is 0 Å². The summed E-state index contributed by atoms with van der Waals surface area (Å²) >= 11 is 1.74. The van der Waals surface area contributed by atoms with Crippen LogP contribution in [0, 0.1) is 0 Å². The van der Waals surface area contributed by atoms with Crippen LogP contribution in [-0.2, 0) is 0 Å². The fraction of sp³-hybridized carbons (Fsp3) is 0.318. The lowest BCUT2D eigenvalue weighted by molar-refractivity contribution is 0.670. The van der Waals surface area contributed by atoms with Gasteiger partial charge in [-0.15, -0.1) is 11.3 Å². The predicted molar refractivity (Wildman–Crippen MR) is 113 cm³/mol. The third kappa shape index (κ3) is 2.63. The second-order valence-electron chi connectivity index (χ2n) is 7.70. The van der Waals surface area contributed by atoms with Gasteiger partial charge in [0.05, 0.1) is 11.4 Å². The van der Waals surface area contributed by atoms with Crippen LogP contribution in [0.2, 0.25) is 0 Å². The van der Waals surface area contributed by atoms with Crippen molar-refractivity contribution in [1.29, 1.82) is 0 Å². The molecule has 0 radical (unpaired) electrons. The number of benzene rings is 1. The van der Waals surface area contributed by atoms with Gasteiger partial charge < -0.3 is 9.88 Å². The SMILES string of the molecule is c1ccc(-c2csc3nc(C4CC4)nc(N4CCCC4c4ncc[nH]4)c23)cc1. The summed E-state index contributed by atoms with van der Waals surface area (Å²) in [4.78, 5) is 21.5. The Bertz CT molecular complexity index is 1110. The predicted octanol–water partition coefficient (Wildman–Crippen LogP) is 5.30. The van der Waals surface area contributed by atoms with Crippen molar-refractivity contribution in [1.82, 2.24) is 19.9 Å². The first-order valence-corrected chi connectivity index (χ1v) is 10.9. The van der Waals surface area contributed by atoms with E-state index in [1.165, 1.54) is 29.4 Å². The number of H-pyrrole nitrogens is 1. The van der Waals surface area contributed by atoms with Crippen molar-refractivity contribution in [2.45, 2.75) is 37.6 Å². The van der Waals surface area contributed by atoms with Crippen molar-refractivity contribution in [3.8, 4) is 11.1 Å². The van der Waals surface area contributed by atoms with Crippen LogP contribution in [0.4, 0.5) is 5.82 Å². The van der Waals surface area contributed by atoms with Gasteiger partial charge in [0.2, 0.25) is 0 Å². The number of anilines is 1. The maximum Gasteiger partial charge on any atom is 0.142 e. The molecule has 0 bridgehead atoms. The zero-order valence-electron chi connectivity index (χ0n) is 15.5. The number of hydrogen-bond acceptors (Lipinski definition) is 5. The van der Waals surface area contributed by atoms with Gasteiger partial charge in [0.1, 0.15) is 22.3 Å². The van der Waals surface area contributed by atoms with Crippen molar-refractivity contribution < 1.29 is 0 Å². The Balaban J connectivity index is 1.56.